The predicted octanol–water partition coefficient (Wildman–Crippen LogP) is 0.585. The standard InChI is InChI=1S/C17H23N7O4/c1-19-13(15(25)26)7-2-3-8-28-17(27)20-10-11-5-4-6-12(9-11)14-21-23-16(18)24-22-14/h4-6,9,13,19H,2-3,7-8,10H2,1H3,(H,20,27)(H,25,26)(H2,18,23,24). The number of nitrogens with two attached hydrogens (primary N) is 1. The van der Waals surface area contributed by atoms with Crippen LogP contribution in [0.25, 0.3) is 11.4 Å². The third-order valence-corrected chi connectivity index (χ3v) is 3.88. The summed E-state index contributed by atoms with van der Waals surface area (Å²) in [6.07, 6.45) is 1.15. The van der Waals surface area contributed by atoms with Crippen LogP contribution in [0.4, 0.5) is 10.7 Å². The number of carboxylic acid groups (broad SMARTS) is 1. The summed E-state index contributed by atoms with van der Waals surface area (Å²) in [5.74, 6) is -0.562. The average molecular weight is 389 g/mol. The van der Waals surface area contributed by atoms with Gasteiger partial charge in [0.05, 0.1) is 6.61 Å². The maximum absolute atomic E-state index is 11.8. The first-order valence-corrected chi connectivity index (χ1v) is 8.72. The maximum Gasteiger partial charge on any atom is 0.407 e. The van der Waals surface area contributed by atoms with Gasteiger partial charge in [-0.05, 0) is 37.9 Å². The Kier molecular flexibility index (Phi) is 8.03. The largest absolute Gasteiger partial charge is 0.480 e. The lowest BCUT2D eigenvalue weighted by atomic mass is 10.1. The molecular formula is C17H23N7O4. The number of unbranched alkanes of at least 4 members (excludes halogenated alkanes) is 1. The molecule has 1 aromatic carbocycles. The van der Waals surface area contributed by atoms with E-state index in [1.54, 1.807) is 25.2 Å². The zero-order chi connectivity index (χ0) is 20.4. The number of carbonyl (C=O) groups excluding carboxylic acids is 1. The molecule has 0 spiro atoms. The fraction of sp³-hybridized carbons (Fsp3) is 0.412. The van der Waals surface area contributed by atoms with E-state index < -0.39 is 18.1 Å². The van der Waals surface area contributed by atoms with Crippen LogP contribution in [0.5, 0.6) is 0 Å². The van der Waals surface area contributed by atoms with Gasteiger partial charge in [-0.2, -0.15) is 0 Å². The Bertz CT molecular complexity index is 785. The second kappa shape index (κ2) is 10.7. The lowest BCUT2D eigenvalue weighted by molar-refractivity contribution is -0.139. The topological polar surface area (TPSA) is 165 Å². The second-order valence-electron chi connectivity index (χ2n) is 5.95. The molecule has 150 valence electrons. The Hall–Kier alpha value is -3.34. The molecule has 2 aromatic rings. The number of nitrogens with one attached hydrogen (secondary N) is 2. The Morgan fingerprint density at radius 3 is 2.64 bits per heavy atom. The molecule has 28 heavy (non-hydrogen) atoms. The van der Waals surface area contributed by atoms with Gasteiger partial charge in [-0.3, -0.25) is 4.79 Å². The molecule has 11 nitrogen and oxygen atoms in total. The Morgan fingerprint density at radius 1 is 1.21 bits per heavy atom. The zero-order valence-electron chi connectivity index (χ0n) is 15.5. The van der Waals surface area contributed by atoms with E-state index in [0.29, 0.717) is 30.7 Å². The number of benzene rings is 1. The van der Waals surface area contributed by atoms with Crippen molar-refractivity contribution in [2.75, 3.05) is 19.4 Å². The van der Waals surface area contributed by atoms with Crippen LogP contribution in [0.1, 0.15) is 24.8 Å². The Morgan fingerprint density at radius 2 is 1.96 bits per heavy atom. The number of ether oxygens (including phenoxy) is 1. The van der Waals surface area contributed by atoms with Crippen LogP contribution >= 0.6 is 0 Å². The average Bonchev–Trinajstić information content (AvgIpc) is 2.69. The molecule has 1 unspecified atom stereocenters. The van der Waals surface area contributed by atoms with Crippen molar-refractivity contribution in [3.63, 3.8) is 0 Å². The monoisotopic (exact) mass is 389 g/mol. The molecule has 1 aromatic heterocycles. The Balaban J connectivity index is 1.72. The van der Waals surface area contributed by atoms with E-state index in [1.165, 1.54) is 0 Å². The number of hydrogen-bond donors (Lipinski definition) is 4. The predicted molar refractivity (Wildman–Crippen MR) is 100.0 cm³/mol. The number of aromatic nitrogens is 4. The number of alkyl carbamates (subject to hydrolysis) is 1. The van der Waals surface area contributed by atoms with Crippen LogP contribution in [0.2, 0.25) is 0 Å². The number of rotatable bonds is 10. The third kappa shape index (κ3) is 6.76. The molecule has 1 atom stereocenters. The summed E-state index contributed by atoms with van der Waals surface area (Å²) < 4.78 is 5.09. The molecule has 0 bridgehead atoms. The molecular weight excluding hydrogens is 366 g/mol. The molecule has 0 aliphatic rings. The first-order valence-electron chi connectivity index (χ1n) is 8.72. The van der Waals surface area contributed by atoms with Gasteiger partial charge in [0.25, 0.3) is 5.95 Å². The molecule has 0 radical (unpaired) electrons. The zero-order valence-corrected chi connectivity index (χ0v) is 15.5. The highest BCUT2D eigenvalue weighted by atomic mass is 16.5. The van der Waals surface area contributed by atoms with E-state index in [-0.39, 0.29) is 19.1 Å². The molecule has 1 heterocycles. The highest BCUT2D eigenvalue weighted by Gasteiger charge is 2.13. The van der Waals surface area contributed by atoms with E-state index >= 15 is 0 Å². The van der Waals surface area contributed by atoms with Crippen LogP contribution in [0.15, 0.2) is 24.3 Å². The van der Waals surface area contributed by atoms with Crippen LogP contribution < -0.4 is 16.4 Å². The molecule has 5 N–H and O–H groups in total. The normalized spacial score (nSPS) is 11.6. The first kappa shape index (κ1) is 21.0. The lowest BCUT2D eigenvalue weighted by Crippen LogP contribution is -2.33. The number of carboxylic acids is 1. The molecule has 0 aliphatic heterocycles. The van der Waals surface area contributed by atoms with Gasteiger partial charge >= 0.3 is 12.1 Å². The van der Waals surface area contributed by atoms with Gasteiger partial charge in [0.1, 0.15) is 6.04 Å². The summed E-state index contributed by atoms with van der Waals surface area (Å²) in [6, 6.07) is 6.66. The van der Waals surface area contributed by atoms with Crippen molar-refractivity contribution in [2.45, 2.75) is 31.8 Å². The molecule has 0 saturated heterocycles. The van der Waals surface area contributed by atoms with Crippen LogP contribution in [-0.2, 0) is 16.1 Å². The first-order chi connectivity index (χ1) is 13.5. The van der Waals surface area contributed by atoms with Gasteiger partial charge < -0.3 is 26.2 Å². The van der Waals surface area contributed by atoms with E-state index in [1.807, 2.05) is 6.07 Å². The molecule has 1 amide bonds. The molecule has 0 aliphatic carbocycles. The number of nitrogens with zero attached hydrogens (tertiary/aromatic N) is 4. The van der Waals surface area contributed by atoms with Crippen molar-refractivity contribution in [1.82, 2.24) is 31.0 Å². The van der Waals surface area contributed by atoms with Crippen molar-refractivity contribution in [1.29, 1.82) is 0 Å². The van der Waals surface area contributed by atoms with Gasteiger partial charge in [0, 0.05) is 12.1 Å². The maximum atomic E-state index is 11.8. The molecule has 0 saturated carbocycles. The van der Waals surface area contributed by atoms with E-state index in [0.717, 1.165) is 5.56 Å². The minimum absolute atomic E-state index is 0.00578. The number of amides is 1. The number of aliphatic carboxylic acids is 1. The molecule has 0 fully saturated rings. The summed E-state index contributed by atoms with van der Waals surface area (Å²) in [5.41, 5.74) is 6.90. The quantitative estimate of drug-likeness (QED) is 0.422. The summed E-state index contributed by atoms with van der Waals surface area (Å²) in [4.78, 5) is 22.6. The van der Waals surface area contributed by atoms with Crippen molar-refractivity contribution >= 4 is 18.0 Å². The summed E-state index contributed by atoms with van der Waals surface area (Å²) >= 11 is 0. The van der Waals surface area contributed by atoms with Crippen molar-refractivity contribution in [3.05, 3.63) is 29.8 Å². The second-order valence-corrected chi connectivity index (χ2v) is 5.95. The summed E-state index contributed by atoms with van der Waals surface area (Å²) in [7, 11) is 1.60. The smallest absolute Gasteiger partial charge is 0.407 e. The minimum atomic E-state index is -0.890. The van der Waals surface area contributed by atoms with Gasteiger partial charge in [0.15, 0.2) is 0 Å². The molecule has 11 heteroatoms. The number of likely N-dealkylation sites (N-methyl/N-ethyl adjacent to an activating group) is 1. The SMILES string of the molecule is CNC(CCCCOC(=O)NCc1cccc(-c2nnc(N)nn2)c1)C(=O)O. The number of anilines is 1. The number of nitrogen functional groups attached to an aromatic ring is 1. The minimum Gasteiger partial charge on any atom is -0.480 e. The van der Waals surface area contributed by atoms with Gasteiger partial charge in [-0.1, -0.05) is 18.2 Å². The van der Waals surface area contributed by atoms with Crippen molar-refractivity contribution in [2.24, 2.45) is 0 Å². The summed E-state index contributed by atoms with van der Waals surface area (Å²) in [6.45, 7) is 0.488. The summed E-state index contributed by atoms with van der Waals surface area (Å²) in [5, 5.41) is 29.4. The van der Waals surface area contributed by atoms with Crippen molar-refractivity contribution in [3.8, 4) is 11.4 Å². The van der Waals surface area contributed by atoms with E-state index in [2.05, 4.69) is 31.0 Å². The Labute approximate surface area is 161 Å². The van der Waals surface area contributed by atoms with Gasteiger partial charge in [0.2, 0.25) is 5.82 Å². The lowest BCUT2D eigenvalue weighted by Gasteiger charge is -2.11. The van der Waals surface area contributed by atoms with E-state index in [4.69, 9.17) is 15.6 Å². The van der Waals surface area contributed by atoms with Crippen LogP contribution in [0.3, 0.4) is 0 Å². The van der Waals surface area contributed by atoms with E-state index in [9.17, 15) is 9.59 Å². The third-order valence-electron chi connectivity index (χ3n) is 3.88. The fourth-order valence-electron chi connectivity index (χ4n) is 2.40. The van der Waals surface area contributed by atoms with Crippen LogP contribution in [0, 0.1) is 0 Å². The van der Waals surface area contributed by atoms with Gasteiger partial charge in [-0.15, -0.1) is 20.4 Å². The van der Waals surface area contributed by atoms with Gasteiger partial charge in [-0.25, -0.2) is 4.79 Å². The van der Waals surface area contributed by atoms with Crippen molar-refractivity contribution < 1.29 is 19.4 Å². The number of hydrogen-bond acceptors (Lipinski definition) is 9. The molecule has 2 rings (SSSR count). The number of carbonyl (C=O) groups is 2. The highest BCUT2D eigenvalue weighted by molar-refractivity contribution is 5.73. The highest BCUT2D eigenvalue weighted by Crippen LogP contribution is 2.15. The fourth-order valence-corrected chi connectivity index (χ4v) is 2.40. The van der Waals surface area contributed by atoms with Crippen LogP contribution in [-0.4, -0.2) is 57.3 Å².